The summed E-state index contributed by atoms with van der Waals surface area (Å²) >= 11 is 0. The summed E-state index contributed by atoms with van der Waals surface area (Å²) in [6.07, 6.45) is 0.838. The van der Waals surface area contributed by atoms with E-state index in [0.717, 1.165) is 49.5 Å². The Morgan fingerprint density at radius 1 is 1.07 bits per heavy atom. The first-order valence-electron chi connectivity index (χ1n) is 10.3. The molecule has 0 atom stereocenters. The van der Waals surface area contributed by atoms with Crippen molar-refractivity contribution in [3.63, 3.8) is 0 Å². The number of aryl methyl sites for hydroxylation is 2. The van der Waals surface area contributed by atoms with E-state index in [4.69, 9.17) is 5.14 Å². The average molecular weight is 431 g/mol. The number of nitrogens with zero attached hydrogens (tertiary/aromatic N) is 2. The predicted octanol–water partition coefficient (Wildman–Crippen LogP) is 2.36. The van der Waals surface area contributed by atoms with Crippen molar-refractivity contribution in [3.05, 3.63) is 53.6 Å². The number of benzene rings is 2. The molecule has 0 spiro atoms. The van der Waals surface area contributed by atoms with E-state index in [0.29, 0.717) is 12.8 Å². The third kappa shape index (κ3) is 5.81. The van der Waals surface area contributed by atoms with Gasteiger partial charge in [0, 0.05) is 44.0 Å². The van der Waals surface area contributed by atoms with Crippen LogP contribution in [0.1, 0.15) is 24.5 Å². The molecule has 1 aliphatic heterocycles. The summed E-state index contributed by atoms with van der Waals surface area (Å²) in [4.78, 5) is 17.3. The number of sulfonamides is 1. The Hall–Kier alpha value is -2.42. The highest BCUT2D eigenvalue weighted by Gasteiger charge is 2.16. The van der Waals surface area contributed by atoms with Gasteiger partial charge in [0.15, 0.2) is 0 Å². The highest BCUT2D eigenvalue weighted by Crippen LogP contribution is 2.24. The zero-order valence-corrected chi connectivity index (χ0v) is 18.4. The van der Waals surface area contributed by atoms with Crippen LogP contribution >= 0.6 is 0 Å². The van der Waals surface area contributed by atoms with Crippen LogP contribution in [0.25, 0.3) is 0 Å². The fourth-order valence-electron chi connectivity index (χ4n) is 3.62. The monoisotopic (exact) mass is 430 g/mol. The van der Waals surface area contributed by atoms with Gasteiger partial charge in [0.25, 0.3) is 0 Å². The highest BCUT2D eigenvalue weighted by molar-refractivity contribution is 7.89. The third-order valence-electron chi connectivity index (χ3n) is 5.56. The molecule has 0 aliphatic carbocycles. The lowest BCUT2D eigenvalue weighted by atomic mass is 10.1. The van der Waals surface area contributed by atoms with E-state index < -0.39 is 10.0 Å². The molecule has 0 unspecified atom stereocenters. The van der Waals surface area contributed by atoms with Crippen LogP contribution in [0.5, 0.6) is 0 Å². The average Bonchev–Trinajstić information content (AvgIpc) is 2.73. The van der Waals surface area contributed by atoms with Crippen molar-refractivity contribution < 1.29 is 13.2 Å². The molecule has 2 aromatic rings. The van der Waals surface area contributed by atoms with Crippen LogP contribution in [0.15, 0.2) is 47.4 Å². The number of primary sulfonamides is 1. The van der Waals surface area contributed by atoms with E-state index in [2.05, 4.69) is 34.2 Å². The van der Waals surface area contributed by atoms with Gasteiger partial charge in [-0.2, -0.15) is 0 Å². The second kappa shape index (κ2) is 9.59. The minimum Gasteiger partial charge on any atom is -0.369 e. The quantitative estimate of drug-likeness (QED) is 0.703. The number of nitrogens with one attached hydrogen (secondary N) is 1. The molecule has 1 saturated heterocycles. The van der Waals surface area contributed by atoms with Crippen molar-refractivity contribution in [1.29, 1.82) is 0 Å². The zero-order valence-electron chi connectivity index (χ0n) is 17.6. The van der Waals surface area contributed by atoms with Crippen molar-refractivity contribution >= 4 is 27.3 Å². The summed E-state index contributed by atoms with van der Waals surface area (Å²) in [7, 11) is -3.70. The first-order valence-corrected chi connectivity index (χ1v) is 11.8. The summed E-state index contributed by atoms with van der Waals surface area (Å²) < 4.78 is 22.6. The summed E-state index contributed by atoms with van der Waals surface area (Å²) in [6.45, 7) is 9.48. The summed E-state index contributed by atoms with van der Waals surface area (Å²) in [6, 6.07) is 12.5. The van der Waals surface area contributed by atoms with Crippen molar-refractivity contribution in [2.45, 2.75) is 31.6 Å². The minimum absolute atomic E-state index is 0.0714. The fourth-order valence-corrected chi connectivity index (χ4v) is 4.14. The number of rotatable bonds is 7. The molecule has 162 valence electrons. The maximum atomic E-state index is 12.4. The van der Waals surface area contributed by atoms with Crippen LogP contribution in [-0.2, 0) is 21.2 Å². The van der Waals surface area contributed by atoms with Crippen molar-refractivity contribution in [1.82, 2.24) is 4.90 Å². The maximum absolute atomic E-state index is 12.4. The van der Waals surface area contributed by atoms with Crippen molar-refractivity contribution in [2.75, 3.05) is 42.9 Å². The number of hydrogen-bond acceptors (Lipinski definition) is 5. The Morgan fingerprint density at radius 2 is 1.73 bits per heavy atom. The summed E-state index contributed by atoms with van der Waals surface area (Å²) in [5, 5.41) is 8.08. The first-order chi connectivity index (χ1) is 14.3. The van der Waals surface area contributed by atoms with Crippen LogP contribution < -0.4 is 15.4 Å². The molecule has 8 heteroatoms. The molecular weight excluding hydrogens is 400 g/mol. The minimum atomic E-state index is -3.70. The van der Waals surface area contributed by atoms with E-state index in [9.17, 15) is 13.2 Å². The van der Waals surface area contributed by atoms with Gasteiger partial charge in [0.05, 0.1) is 4.90 Å². The molecule has 3 rings (SSSR count). The molecule has 0 saturated carbocycles. The number of amides is 1. The molecule has 0 radical (unpaired) electrons. The first kappa shape index (κ1) is 22.3. The van der Waals surface area contributed by atoms with Crippen LogP contribution in [0, 0.1) is 6.92 Å². The van der Waals surface area contributed by atoms with Gasteiger partial charge in [-0.25, -0.2) is 13.6 Å². The van der Waals surface area contributed by atoms with Crippen LogP contribution in [0.4, 0.5) is 11.4 Å². The maximum Gasteiger partial charge on any atom is 0.238 e. The second-order valence-electron chi connectivity index (χ2n) is 7.66. The van der Waals surface area contributed by atoms with E-state index in [1.165, 1.54) is 17.8 Å². The lowest BCUT2D eigenvalue weighted by Gasteiger charge is -2.35. The standard InChI is InChI=1S/C22H30N4O3S/c1-3-25-12-14-26(15-13-25)19-7-10-21(17(2)16-19)24-22(27)11-6-18-4-8-20(9-5-18)30(23,28)29/h4-5,7-10,16H,3,6,11-15H2,1-2H3,(H,24,27)(H2,23,28,29). The van der Waals surface area contributed by atoms with Gasteiger partial charge in [-0.1, -0.05) is 19.1 Å². The molecule has 7 nitrogen and oxygen atoms in total. The summed E-state index contributed by atoms with van der Waals surface area (Å²) in [5.41, 5.74) is 3.93. The number of likely N-dealkylation sites (N-methyl/N-ethyl adjacent to an activating group) is 1. The smallest absolute Gasteiger partial charge is 0.238 e. The Labute approximate surface area is 178 Å². The second-order valence-corrected chi connectivity index (χ2v) is 9.22. The van der Waals surface area contributed by atoms with Crippen molar-refractivity contribution in [3.8, 4) is 0 Å². The fraction of sp³-hybridized carbons (Fsp3) is 0.409. The van der Waals surface area contributed by atoms with Gasteiger partial charge in [0.1, 0.15) is 0 Å². The molecule has 3 N–H and O–H groups in total. The molecule has 1 fully saturated rings. The number of carbonyl (C=O) groups is 1. The lowest BCUT2D eigenvalue weighted by molar-refractivity contribution is -0.116. The Bertz CT molecular complexity index is 982. The highest BCUT2D eigenvalue weighted by atomic mass is 32.2. The Kier molecular flexibility index (Phi) is 7.12. The van der Waals surface area contributed by atoms with E-state index >= 15 is 0 Å². The van der Waals surface area contributed by atoms with Crippen LogP contribution in [0.2, 0.25) is 0 Å². The zero-order chi connectivity index (χ0) is 21.7. The van der Waals surface area contributed by atoms with Gasteiger partial charge < -0.3 is 15.1 Å². The van der Waals surface area contributed by atoms with Gasteiger partial charge in [-0.15, -0.1) is 0 Å². The van der Waals surface area contributed by atoms with E-state index in [1.807, 2.05) is 13.0 Å². The largest absolute Gasteiger partial charge is 0.369 e. The molecule has 1 heterocycles. The molecule has 1 aliphatic rings. The molecule has 0 aromatic heterocycles. The summed E-state index contributed by atoms with van der Waals surface area (Å²) in [5.74, 6) is -0.0714. The number of piperazine rings is 1. The Morgan fingerprint density at radius 3 is 2.30 bits per heavy atom. The molecule has 0 bridgehead atoms. The molecule has 1 amide bonds. The molecular formula is C22H30N4O3S. The number of carbonyl (C=O) groups excluding carboxylic acids is 1. The number of nitrogens with two attached hydrogens (primary N) is 1. The van der Waals surface area contributed by atoms with Gasteiger partial charge >= 0.3 is 0 Å². The number of anilines is 2. The SMILES string of the molecule is CCN1CCN(c2ccc(NC(=O)CCc3ccc(S(N)(=O)=O)cc3)c(C)c2)CC1. The topological polar surface area (TPSA) is 95.7 Å². The van der Waals surface area contributed by atoms with Crippen LogP contribution in [0.3, 0.4) is 0 Å². The van der Waals surface area contributed by atoms with E-state index in [-0.39, 0.29) is 10.8 Å². The molecule has 30 heavy (non-hydrogen) atoms. The van der Waals surface area contributed by atoms with E-state index in [1.54, 1.807) is 12.1 Å². The van der Waals surface area contributed by atoms with Gasteiger partial charge in [-0.3, -0.25) is 4.79 Å². The van der Waals surface area contributed by atoms with Gasteiger partial charge in [0.2, 0.25) is 15.9 Å². The normalized spacial score (nSPS) is 15.2. The van der Waals surface area contributed by atoms with Crippen LogP contribution in [-0.4, -0.2) is 51.9 Å². The third-order valence-corrected chi connectivity index (χ3v) is 6.49. The van der Waals surface area contributed by atoms with Gasteiger partial charge in [-0.05, 0) is 61.3 Å². The Balaban J connectivity index is 1.54. The predicted molar refractivity (Wildman–Crippen MR) is 120 cm³/mol. The molecule has 2 aromatic carbocycles. The number of hydrogen-bond donors (Lipinski definition) is 2. The lowest BCUT2D eigenvalue weighted by Crippen LogP contribution is -2.46. The van der Waals surface area contributed by atoms with Crippen molar-refractivity contribution in [2.24, 2.45) is 5.14 Å².